The summed E-state index contributed by atoms with van der Waals surface area (Å²) in [6.07, 6.45) is 1.39. The van der Waals surface area contributed by atoms with Gasteiger partial charge in [0.2, 0.25) is 0 Å². The van der Waals surface area contributed by atoms with Crippen molar-refractivity contribution in [1.29, 1.82) is 0 Å². The summed E-state index contributed by atoms with van der Waals surface area (Å²) in [5.41, 5.74) is 0. The zero-order chi connectivity index (χ0) is 4.12. The van der Waals surface area contributed by atoms with E-state index in [2.05, 4.69) is 14.6 Å². The van der Waals surface area contributed by atoms with Gasteiger partial charge in [-0.15, -0.1) is 6.22 Å². The quantitative estimate of drug-likeness (QED) is 0.443. The minimum absolute atomic E-state index is 0. The molecule has 0 aliphatic rings. The normalized spacial score (nSPS) is 5.50. The third-order valence-corrected chi connectivity index (χ3v) is 0.707. The number of hydrogen-bond acceptors (Lipinski definition) is 0. The summed E-state index contributed by atoms with van der Waals surface area (Å²) in [5, 5.41) is 0. The van der Waals surface area contributed by atoms with E-state index in [9.17, 15) is 0 Å². The maximum Gasteiger partial charge on any atom is 0.109 e. The molecule has 0 aliphatic carbocycles. The van der Waals surface area contributed by atoms with Gasteiger partial charge in [0.1, 0.15) is 7.28 Å². The van der Waals surface area contributed by atoms with Gasteiger partial charge in [-0.3, -0.25) is 0 Å². The summed E-state index contributed by atoms with van der Waals surface area (Å²) in [5.74, 6) is 0. The first-order valence-corrected chi connectivity index (χ1v) is 2.41. The van der Waals surface area contributed by atoms with Gasteiger partial charge < -0.3 is 0 Å². The summed E-state index contributed by atoms with van der Waals surface area (Å²) >= 11 is 0. The van der Waals surface area contributed by atoms with Crippen LogP contribution in [0.4, 0.5) is 0 Å². The van der Waals surface area contributed by atoms with Gasteiger partial charge in [-0.1, -0.05) is 6.82 Å². The van der Waals surface area contributed by atoms with Crippen molar-refractivity contribution < 1.29 is 26.2 Å². The van der Waals surface area contributed by atoms with Crippen molar-refractivity contribution in [2.45, 2.75) is 13.0 Å². The first kappa shape index (κ1) is 10.1. The topological polar surface area (TPSA) is 0 Å². The molecule has 0 amide bonds. The average Bonchev–Trinajstić information content (AvgIpc) is 1.41. The van der Waals surface area contributed by atoms with Crippen LogP contribution < -0.4 is 0 Å². The van der Waals surface area contributed by atoms with Crippen molar-refractivity contribution in [2.75, 3.05) is 0 Å². The van der Waals surface area contributed by atoms with Crippen LogP contribution in [-0.2, 0) is 26.2 Å². The van der Waals surface area contributed by atoms with Crippen LogP contribution in [0.2, 0.25) is 13.0 Å². The molecule has 0 nitrogen and oxygen atoms in total. The second kappa shape index (κ2) is 9.42. The van der Waals surface area contributed by atoms with Crippen molar-refractivity contribution in [3.8, 4) is 0 Å². The Morgan fingerprint density at radius 2 is 2.17 bits per heavy atom. The predicted molar refractivity (Wildman–Crippen MR) is 33.5 cm³/mol. The molecule has 30 valence electrons. The van der Waals surface area contributed by atoms with E-state index in [4.69, 9.17) is 0 Å². The molecule has 0 saturated carbocycles. The van der Waals surface area contributed by atoms with E-state index in [0.717, 1.165) is 0 Å². The van der Waals surface area contributed by atoms with Crippen LogP contribution in [0.5, 0.6) is 0 Å². The maximum absolute atomic E-state index is 2.21. The molecular formula is C2H9B3Zr. The van der Waals surface area contributed by atoms with Gasteiger partial charge in [0, 0.05) is 26.2 Å². The third-order valence-electron chi connectivity index (χ3n) is 0.707. The molecular weight excluding hydrogens is 148 g/mol. The summed E-state index contributed by atoms with van der Waals surface area (Å²) in [7, 11) is 4.90. The van der Waals surface area contributed by atoms with Crippen LogP contribution >= 0.6 is 0 Å². The Bertz CT molecular complexity index is 16.3. The van der Waals surface area contributed by atoms with E-state index in [-0.39, 0.29) is 26.2 Å². The largest absolute Gasteiger partial charge is 0.109 e. The molecule has 0 aromatic rings. The first-order valence-electron chi connectivity index (χ1n) is 2.41. The third kappa shape index (κ3) is 8.91. The maximum atomic E-state index is 2.21. The van der Waals surface area contributed by atoms with E-state index < -0.39 is 0 Å². The smallest absolute Gasteiger partial charge is 0.108 e. The molecule has 0 saturated heterocycles. The fourth-order valence-electron chi connectivity index (χ4n) is 0.354. The number of hydrogen-bond donors (Lipinski definition) is 0. The molecule has 0 aliphatic heterocycles. The molecule has 0 heterocycles. The Kier molecular flexibility index (Phi) is 15.9. The van der Waals surface area contributed by atoms with Crippen molar-refractivity contribution >= 4 is 22.2 Å². The Morgan fingerprint density at radius 1 is 1.67 bits per heavy atom. The zero-order valence-electron chi connectivity index (χ0n) is 4.62. The number of rotatable bonds is 2. The van der Waals surface area contributed by atoms with E-state index >= 15 is 0 Å². The van der Waals surface area contributed by atoms with Crippen molar-refractivity contribution in [3.63, 3.8) is 0 Å². The van der Waals surface area contributed by atoms with Crippen LogP contribution in [0, 0.1) is 0 Å². The molecule has 0 bridgehead atoms. The fraction of sp³-hybridized carbons (Fsp3) is 1.00. The first-order chi connectivity index (χ1) is 2.41. The second-order valence-electron chi connectivity index (χ2n) is 1.35. The Morgan fingerprint density at radius 3 is 2.17 bits per heavy atom. The molecule has 0 rings (SSSR count). The van der Waals surface area contributed by atoms with E-state index in [1.165, 1.54) is 20.7 Å². The van der Waals surface area contributed by atoms with Gasteiger partial charge in [-0.25, -0.2) is 0 Å². The molecule has 0 radical (unpaired) electrons. The summed E-state index contributed by atoms with van der Waals surface area (Å²) in [6, 6.07) is 0. The molecule has 0 unspecified atom stereocenters. The molecule has 4 heteroatoms. The van der Waals surface area contributed by atoms with Crippen molar-refractivity contribution in [3.05, 3.63) is 0 Å². The van der Waals surface area contributed by atoms with Gasteiger partial charge in [0.05, 0.1) is 14.9 Å². The Hall–Kier alpha value is 1.08. The van der Waals surface area contributed by atoms with E-state index in [1.807, 2.05) is 0 Å². The zero-order valence-corrected chi connectivity index (χ0v) is 7.08. The van der Waals surface area contributed by atoms with Crippen LogP contribution in [0.15, 0.2) is 0 Å². The van der Waals surface area contributed by atoms with Crippen molar-refractivity contribution in [1.82, 2.24) is 0 Å². The molecule has 0 atom stereocenters. The van der Waals surface area contributed by atoms with Gasteiger partial charge in [-0.2, -0.15) is 0 Å². The van der Waals surface area contributed by atoms with Crippen LogP contribution in [-0.4, -0.2) is 22.2 Å². The van der Waals surface area contributed by atoms with Gasteiger partial charge in [0.15, 0.2) is 0 Å². The van der Waals surface area contributed by atoms with Gasteiger partial charge in [-0.05, 0) is 0 Å². The Labute approximate surface area is 61.5 Å². The van der Waals surface area contributed by atoms with Crippen molar-refractivity contribution in [2.24, 2.45) is 0 Å². The summed E-state index contributed by atoms with van der Waals surface area (Å²) in [6.45, 7) is 2.21. The van der Waals surface area contributed by atoms with E-state index in [0.29, 0.717) is 0 Å². The molecule has 0 aromatic carbocycles. The minimum Gasteiger partial charge on any atom is -0.108 e. The monoisotopic (exact) mass is 156 g/mol. The summed E-state index contributed by atoms with van der Waals surface area (Å²) in [4.78, 5) is 0. The van der Waals surface area contributed by atoms with Gasteiger partial charge in [0.25, 0.3) is 0 Å². The summed E-state index contributed by atoms with van der Waals surface area (Å²) < 4.78 is 0. The predicted octanol–water partition coefficient (Wildman–Crippen LogP) is -1.17. The van der Waals surface area contributed by atoms with Crippen LogP contribution in [0.3, 0.4) is 0 Å². The molecule has 0 aromatic heterocycles. The molecule has 6 heavy (non-hydrogen) atoms. The second-order valence-corrected chi connectivity index (χ2v) is 1.35. The fourth-order valence-corrected chi connectivity index (χ4v) is 0.354. The molecule has 0 N–H and O–H groups in total. The molecule has 0 fully saturated rings. The van der Waals surface area contributed by atoms with Crippen LogP contribution in [0.1, 0.15) is 0 Å². The molecule has 0 spiro atoms. The van der Waals surface area contributed by atoms with E-state index in [1.54, 1.807) is 0 Å². The SMILES string of the molecule is BBCBC.[Zr]. The standard InChI is InChI=1S/C2H9B3.Zr/c1-4-2-5-3;/h4-5H,2-3H2,1H3;. The van der Waals surface area contributed by atoms with Gasteiger partial charge >= 0.3 is 0 Å². The average molecular weight is 157 g/mol. The minimum atomic E-state index is 0. The Balaban J connectivity index is 0. The van der Waals surface area contributed by atoms with Crippen LogP contribution in [0.25, 0.3) is 0 Å².